The lowest BCUT2D eigenvalue weighted by molar-refractivity contribution is -0.215. The van der Waals surface area contributed by atoms with Crippen LogP contribution in [0.4, 0.5) is 0 Å². The van der Waals surface area contributed by atoms with E-state index in [1.807, 2.05) is 0 Å². The van der Waals surface area contributed by atoms with Crippen molar-refractivity contribution in [3.8, 4) is 0 Å². The van der Waals surface area contributed by atoms with Gasteiger partial charge < -0.3 is 20.1 Å². The molecular formula is C10H18N2O2. The first kappa shape index (κ1) is 9.09. The third kappa shape index (κ3) is 1.21. The fraction of sp³-hybridized carbons (Fsp3) is 1.00. The SMILES string of the molecule is NCC1COC2(CCN3CCC2C3)O1. The maximum Gasteiger partial charge on any atom is 0.174 e. The molecule has 4 unspecified atom stereocenters. The number of nitrogens with zero attached hydrogens (tertiary/aromatic N) is 1. The zero-order chi connectivity index (χ0) is 9.60. The van der Waals surface area contributed by atoms with Crippen LogP contribution in [0.5, 0.6) is 0 Å². The van der Waals surface area contributed by atoms with Crippen molar-refractivity contribution >= 4 is 0 Å². The Morgan fingerprint density at radius 1 is 1.43 bits per heavy atom. The van der Waals surface area contributed by atoms with Crippen LogP contribution in [0.25, 0.3) is 0 Å². The molecule has 3 aliphatic heterocycles. The minimum atomic E-state index is -0.267. The summed E-state index contributed by atoms with van der Waals surface area (Å²) >= 11 is 0. The Balaban J connectivity index is 1.77. The third-order valence-electron chi connectivity index (χ3n) is 3.81. The molecule has 3 fully saturated rings. The predicted octanol–water partition coefficient (Wildman–Crippen LogP) is -0.218. The van der Waals surface area contributed by atoms with Crippen molar-refractivity contribution in [2.45, 2.75) is 24.7 Å². The Morgan fingerprint density at radius 2 is 2.36 bits per heavy atom. The van der Waals surface area contributed by atoms with E-state index >= 15 is 0 Å². The second-order valence-electron chi connectivity index (χ2n) is 4.63. The van der Waals surface area contributed by atoms with Crippen molar-refractivity contribution in [2.24, 2.45) is 11.7 Å². The average molecular weight is 198 g/mol. The molecule has 3 saturated heterocycles. The van der Waals surface area contributed by atoms with Crippen molar-refractivity contribution in [1.82, 2.24) is 4.90 Å². The molecule has 0 aliphatic carbocycles. The van der Waals surface area contributed by atoms with Gasteiger partial charge in [-0.3, -0.25) is 0 Å². The van der Waals surface area contributed by atoms with Gasteiger partial charge in [0, 0.05) is 32.0 Å². The first-order valence-corrected chi connectivity index (χ1v) is 5.56. The maximum atomic E-state index is 6.00. The van der Waals surface area contributed by atoms with Crippen molar-refractivity contribution in [2.75, 3.05) is 32.8 Å². The summed E-state index contributed by atoms with van der Waals surface area (Å²) in [6.45, 7) is 4.75. The standard InChI is InChI=1S/C10H18N2O2/c11-5-9-7-13-10(14-9)2-4-12-3-1-8(10)6-12/h8-9H,1-7,11H2. The molecule has 4 nitrogen and oxygen atoms in total. The van der Waals surface area contributed by atoms with E-state index in [2.05, 4.69) is 4.90 Å². The second kappa shape index (κ2) is 3.17. The molecule has 0 saturated carbocycles. The molecule has 0 radical (unpaired) electrons. The molecule has 14 heavy (non-hydrogen) atoms. The highest BCUT2D eigenvalue weighted by atomic mass is 16.7. The summed E-state index contributed by atoms with van der Waals surface area (Å²) in [6.07, 6.45) is 2.37. The molecule has 0 aromatic rings. The fourth-order valence-corrected chi connectivity index (χ4v) is 2.96. The number of rotatable bonds is 1. The van der Waals surface area contributed by atoms with E-state index in [0.29, 0.717) is 19.1 Å². The predicted molar refractivity (Wildman–Crippen MR) is 51.8 cm³/mol. The first-order valence-electron chi connectivity index (χ1n) is 5.56. The van der Waals surface area contributed by atoms with Crippen molar-refractivity contribution in [3.05, 3.63) is 0 Å². The number of ether oxygens (including phenoxy) is 2. The summed E-state index contributed by atoms with van der Waals surface area (Å²) in [5, 5.41) is 0. The number of nitrogens with two attached hydrogens (primary N) is 1. The lowest BCUT2D eigenvalue weighted by Crippen LogP contribution is -2.47. The number of hydrogen-bond donors (Lipinski definition) is 1. The minimum absolute atomic E-state index is 0.127. The monoisotopic (exact) mass is 198 g/mol. The van der Waals surface area contributed by atoms with E-state index in [-0.39, 0.29) is 11.9 Å². The van der Waals surface area contributed by atoms with Crippen LogP contribution in [0, 0.1) is 5.92 Å². The first-order chi connectivity index (χ1) is 6.82. The van der Waals surface area contributed by atoms with Gasteiger partial charge in [0.05, 0.1) is 12.7 Å². The van der Waals surface area contributed by atoms with Crippen molar-refractivity contribution in [1.29, 1.82) is 0 Å². The van der Waals surface area contributed by atoms with Gasteiger partial charge in [-0.25, -0.2) is 0 Å². The summed E-state index contributed by atoms with van der Waals surface area (Å²) in [5.74, 6) is 0.310. The minimum Gasteiger partial charge on any atom is -0.347 e. The van der Waals surface area contributed by atoms with Crippen LogP contribution >= 0.6 is 0 Å². The van der Waals surface area contributed by atoms with Crippen LogP contribution in [0.2, 0.25) is 0 Å². The highest BCUT2D eigenvalue weighted by Gasteiger charge is 2.52. The molecule has 2 N–H and O–H groups in total. The van der Waals surface area contributed by atoms with Gasteiger partial charge in [0.1, 0.15) is 0 Å². The lowest BCUT2D eigenvalue weighted by Gasteiger charge is -2.38. The lowest BCUT2D eigenvalue weighted by atomic mass is 9.93. The molecule has 80 valence electrons. The van der Waals surface area contributed by atoms with E-state index in [4.69, 9.17) is 15.2 Å². The number of fused-ring (bicyclic) bond motifs is 3. The molecule has 3 rings (SSSR count). The zero-order valence-corrected chi connectivity index (χ0v) is 8.45. The van der Waals surface area contributed by atoms with Gasteiger partial charge in [0.2, 0.25) is 0 Å². The Kier molecular flexibility index (Phi) is 2.06. The van der Waals surface area contributed by atoms with Gasteiger partial charge in [-0.05, 0) is 13.0 Å². The van der Waals surface area contributed by atoms with Crippen LogP contribution < -0.4 is 5.73 Å². The highest BCUT2D eigenvalue weighted by molar-refractivity contribution is 4.96. The molecule has 0 amide bonds. The summed E-state index contributed by atoms with van der Waals surface area (Å²) in [5.41, 5.74) is 5.61. The smallest absolute Gasteiger partial charge is 0.174 e. The quantitative estimate of drug-likeness (QED) is 0.633. The molecule has 3 aliphatic rings. The van der Waals surface area contributed by atoms with E-state index in [1.54, 1.807) is 0 Å². The van der Waals surface area contributed by atoms with Crippen LogP contribution in [-0.4, -0.2) is 49.6 Å². The highest BCUT2D eigenvalue weighted by Crippen LogP contribution is 2.42. The van der Waals surface area contributed by atoms with E-state index in [9.17, 15) is 0 Å². The van der Waals surface area contributed by atoms with E-state index < -0.39 is 0 Å². The van der Waals surface area contributed by atoms with Crippen molar-refractivity contribution in [3.63, 3.8) is 0 Å². The summed E-state index contributed by atoms with van der Waals surface area (Å²) < 4.78 is 11.9. The van der Waals surface area contributed by atoms with Gasteiger partial charge in [0.15, 0.2) is 5.79 Å². The Labute approximate surface area is 84.3 Å². The number of hydrogen-bond acceptors (Lipinski definition) is 4. The molecule has 0 aromatic carbocycles. The van der Waals surface area contributed by atoms with Gasteiger partial charge in [-0.2, -0.15) is 0 Å². The van der Waals surface area contributed by atoms with Gasteiger partial charge >= 0.3 is 0 Å². The largest absolute Gasteiger partial charge is 0.347 e. The van der Waals surface area contributed by atoms with Gasteiger partial charge in [0.25, 0.3) is 0 Å². The molecule has 4 heteroatoms. The van der Waals surface area contributed by atoms with Gasteiger partial charge in [-0.1, -0.05) is 0 Å². The van der Waals surface area contributed by atoms with Crippen LogP contribution in [0.1, 0.15) is 12.8 Å². The molecule has 3 heterocycles. The number of piperidine rings is 1. The molecule has 0 aromatic heterocycles. The second-order valence-corrected chi connectivity index (χ2v) is 4.63. The molecular weight excluding hydrogens is 180 g/mol. The molecule has 2 bridgehead atoms. The molecule has 1 spiro atoms. The summed E-state index contributed by atoms with van der Waals surface area (Å²) in [7, 11) is 0. The van der Waals surface area contributed by atoms with Crippen LogP contribution in [0.3, 0.4) is 0 Å². The molecule has 4 atom stereocenters. The van der Waals surface area contributed by atoms with E-state index in [0.717, 1.165) is 19.5 Å². The average Bonchev–Trinajstić information content (AvgIpc) is 2.77. The third-order valence-corrected chi connectivity index (χ3v) is 3.81. The normalized spacial score (nSPS) is 51.6. The zero-order valence-electron chi connectivity index (χ0n) is 8.45. The topological polar surface area (TPSA) is 47.7 Å². The van der Waals surface area contributed by atoms with Crippen LogP contribution in [0.15, 0.2) is 0 Å². The summed E-state index contributed by atoms with van der Waals surface area (Å²) in [4.78, 5) is 2.50. The Bertz CT molecular complexity index is 236. The van der Waals surface area contributed by atoms with Gasteiger partial charge in [-0.15, -0.1) is 0 Å². The van der Waals surface area contributed by atoms with Crippen molar-refractivity contribution < 1.29 is 9.47 Å². The Hall–Kier alpha value is -0.160. The van der Waals surface area contributed by atoms with E-state index in [1.165, 1.54) is 13.0 Å². The summed E-state index contributed by atoms with van der Waals surface area (Å²) in [6, 6.07) is 0. The van der Waals surface area contributed by atoms with Crippen LogP contribution in [-0.2, 0) is 9.47 Å². The Morgan fingerprint density at radius 3 is 3.14 bits per heavy atom. The fourth-order valence-electron chi connectivity index (χ4n) is 2.96. The maximum absolute atomic E-state index is 6.00.